The Morgan fingerprint density at radius 2 is 1.15 bits per heavy atom. The van der Waals surface area contributed by atoms with E-state index >= 15 is 0 Å². The summed E-state index contributed by atoms with van der Waals surface area (Å²) >= 11 is 0. The van der Waals surface area contributed by atoms with E-state index in [1.54, 1.807) is 0 Å². The van der Waals surface area contributed by atoms with Crippen LogP contribution < -0.4 is 4.90 Å². The molecule has 0 atom stereocenters. The largest absolute Gasteiger partial charge is 0.310 e. The quantitative estimate of drug-likeness (QED) is 0.228. The fourth-order valence-corrected chi connectivity index (χ4v) is 6.62. The second-order valence-corrected chi connectivity index (χ2v) is 11.3. The maximum Gasteiger partial charge on any atom is 0.0701 e. The number of hydrogen-bond acceptors (Lipinski definition) is 2. The Hall–Kier alpha value is -5.15. The van der Waals surface area contributed by atoms with Gasteiger partial charge in [0.1, 0.15) is 0 Å². The van der Waals surface area contributed by atoms with Crippen molar-refractivity contribution >= 4 is 38.9 Å². The van der Waals surface area contributed by atoms with Crippen LogP contribution in [0.5, 0.6) is 0 Å². The van der Waals surface area contributed by atoms with Crippen LogP contribution in [-0.2, 0) is 5.41 Å². The minimum Gasteiger partial charge on any atom is -0.310 e. The highest BCUT2D eigenvalue weighted by Crippen LogP contribution is 2.52. The Kier molecular flexibility index (Phi) is 5.17. The maximum absolute atomic E-state index is 4.54. The molecule has 196 valence electrons. The van der Waals surface area contributed by atoms with Gasteiger partial charge in [0.25, 0.3) is 0 Å². The summed E-state index contributed by atoms with van der Waals surface area (Å²) in [4.78, 5) is 6.95. The van der Waals surface area contributed by atoms with Crippen LogP contribution in [-0.4, -0.2) is 9.55 Å². The standard InChI is InChI=1S/C38H29N3/c1-38(2)31-13-5-8-17-36(31)40(27-20-18-26(19-21-27)33-14-9-10-24-39-33)37-23-22-28(25-32(37)38)41-34-15-6-3-11-29(34)30-12-4-7-16-35(30)41/h3-25H,1-2H3. The van der Waals surface area contributed by atoms with Crippen molar-refractivity contribution in [2.24, 2.45) is 0 Å². The average molecular weight is 528 g/mol. The van der Waals surface area contributed by atoms with Gasteiger partial charge in [0.15, 0.2) is 0 Å². The minimum absolute atomic E-state index is 0.176. The third-order valence-corrected chi connectivity index (χ3v) is 8.64. The number of hydrogen-bond donors (Lipinski definition) is 0. The lowest BCUT2D eigenvalue weighted by Gasteiger charge is -2.42. The lowest BCUT2D eigenvalue weighted by molar-refractivity contribution is 0.631. The van der Waals surface area contributed by atoms with Crippen molar-refractivity contribution in [3.8, 4) is 16.9 Å². The molecule has 5 aromatic carbocycles. The van der Waals surface area contributed by atoms with E-state index < -0.39 is 0 Å². The molecule has 41 heavy (non-hydrogen) atoms. The smallest absolute Gasteiger partial charge is 0.0701 e. The van der Waals surface area contributed by atoms with Gasteiger partial charge in [-0.3, -0.25) is 4.98 Å². The van der Waals surface area contributed by atoms with Gasteiger partial charge in [-0.1, -0.05) is 86.6 Å². The van der Waals surface area contributed by atoms with Crippen molar-refractivity contribution in [2.75, 3.05) is 4.90 Å². The van der Waals surface area contributed by atoms with Crippen LogP contribution in [0.3, 0.4) is 0 Å². The fraction of sp³-hybridized carbons (Fsp3) is 0.0789. The molecule has 0 unspecified atom stereocenters. The van der Waals surface area contributed by atoms with E-state index in [2.05, 4.69) is 150 Å². The van der Waals surface area contributed by atoms with Crippen LogP contribution in [0, 0.1) is 0 Å². The van der Waals surface area contributed by atoms with Crippen molar-refractivity contribution in [3.63, 3.8) is 0 Å². The molecule has 2 aromatic heterocycles. The zero-order valence-electron chi connectivity index (χ0n) is 23.1. The van der Waals surface area contributed by atoms with Gasteiger partial charge in [0.05, 0.1) is 28.1 Å². The van der Waals surface area contributed by atoms with E-state index in [9.17, 15) is 0 Å². The first-order chi connectivity index (χ1) is 20.1. The summed E-state index contributed by atoms with van der Waals surface area (Å²) in [5.41, 5.74) is 11.8. The molecule has 7 aromatic rings. The topological polar surface area (TPSA) is 21.1 Å². The summed E-state index contributed by atoms with van der Waals surface area (Å²) in [5.74, 6) is 0. The van der Waals surface area contributed by atoms with Gasteiger partial charge in [0.2, 0.25) is 0 Å². The molecule has 3 heterocycles. The molecule has 0 radical (unpaired) electrons. The fourth-order valence-electron chi connectivity index (χ4n) is 6.62. The number of nitrogens with zero attached hydrogens (tertiary/aromatic N) is 3. The first-order valence-electron chi connectivity index (χ1n) is 14.2. The SMILES string of the molecule is CC1(C)c2ccccc2N(c2ccc(-c3ccccn3)cc2)c2ccc(-n3c4ccccc4c4ccccc43)cc21. The summed E-state index contributed by atoms with van der Waals surface area (Å²) < 4.78 is 2.41. The van der Waals surface area contributed by atoms with Crippen molar-refractivity contribution in [2.45, 2.75) is 19.3 Å². The van der Waals surface area contributed by atoms with Crippen LogP contribution in [0.4, 0.5) is 17.1 Å². The predicted octanol–water partition coefficient (Wildman–Crippen LogP) is 9.95. The van der Waals surface area contributed by atoms with Gasteiger partial charge < -0.3 is 9.47 Å². The Morgan fingerprint density at radius 1 is 0.537 bits per heavy atom. The summed E-state index contributed by atoms with van der Waals surface area (Å²) in [5, 5.41) is 2.56. The number of anilines is 3. The normalized spacial score (nSPS) is 13.8. The molecule has 0 saturated heterocycles. The van der Waals surface area contributed by atoms with E-state index in [-0.39, 0.29) is 5.41 Å². The first kappa shape index (κ1) is 23.7. The van der Waals surface area contributed by atoms with Crippen molar-refractivity contribution < 1.29 is 0 Å². The van der Waals surface area contributed by atoms with Gasteiger partial charge in [-0.15, -0.1) is 0 Å². The number of aromatic nitrogens is 2. The predicted molar refractivity (Wildman–Crippen MR) is 171 cm³/mol. The van der Waals surface area contributed by atoms with Crippen molar-refractivity contribution in [1.29, 1.82) is 0 Å². The van der Waals surface area contributed by atoms with Gasteiger partial charge in [-0.2, -0.15) is 0 Å². The molecular formula is C38H29N3. The molecule has 1 aliphatic heterocycles. The van der Waals surface area contributed by atoms with E-state index in [1.807, 2.05) is 18.3 Å². The molecular weight excluding hydrogens is 498 g/mol. The van der Waals surface area contributed by atoms with Gasteiger partial charge in [-0.05, 0) is 71.8 Å². The molecule has 0 bridgehead atoms. The average Bonchev–Trinajstić information content (AvgIpc) is 3.36. The van der Waals surface area contributed by atoms with E-state index in [1.165, 1.54) is 50.0 Å². The Bertz CT molecular complexity index is 2010. The number of benzene rings is 5. The Morgan fingerprint density at radius 3 is 1.85 bits per heavy atom. The summed E-state index contributed by atoms with van der Waals surface area (Å²) in [6, 6.07) is 48.0. The highest BCUT2D eigenvalue weighted by atomic mass is 15.2. The van der Waals surface area contributed by atoms with Crippen LogP contribution in [0.25, 0.3) is 38.8 Å². The lowest BCUT2D eigenvalue weighted by atomic mass is 9.73. The first-order valence-corrected chi connectivity index (χ1v) is 14.2. The lowest BCUT2D eigenvalue weighted by Crippen LogP contribution is -2.30. The molecule has 0 N–H and O–H groups in total. The number of fused-ring (bicyclic) bond motifs is 5. The molecule has 3 heteroatoms. The summed E-state index contributed by atoms with van der Waals surface area (Å²) in [6.07, 6.45) is 1.84. The van der Waals surface area contributed by atoms with Crippen LogP contribution in [0.1, 0.15) is 25.0 Å². The highest BCUT2D eigenvalue weighted by molar-refractivity contribution is 6.09. The van der Waals surface area contributed by atoms with E-state index in [0.717, 1.165) is 16.9 Å². The number of pyridine rings is 1. The van der Waals surface area contributed by atoms with Crippen molar-refractivity contribution in [3.05, 3.63) is 151 Å². The van der Waals surface area contributed by atoms with Crippen LogP contribution >= 0.6 is 0 Å². The molecule has 0 amide bonds. The van der Waals surface area contributed by atoms with Gasteiger partial charge in [0, 0.05) is 39.3 Å². The number of para-hydroxylation sites is 3. The highest BCUT2D eigenvalue weighted by Gasteiger charge is 2.37. The maximum atomic E-state index is 4.54. The molecule has 0 spiro atoms. The zero-order chi connectivity index (χ0) is 27.6. The Labute approximate surface area is 240 Å². The number of rotatable bonds is 3. The second-order valence-electron chi connectivity index (χ2n) is 11.3. The van der Waals surface area contributed by atoms with Crippen LogP contribution in [0.2, 0.25) is 0 Å². The molecule has 0 fully saturated rings. The van der Waals surface area contributed by atoms with Crippen molar-refractivity contribution in [1.82, 2.24) is 9.55 Å². The third kappa shape index (κ3) is 3.56. The molecule has 0 saturated carbocycles. The summed E-state index contributed by atoms with van der Waals surface area (Å²) in [6.45, 7) is 4.70. The van der Waals surface area contributed by atoms with E-state index in [0.29, 0.717) is 0 Å². The van der Waals surface area contributed by atoms with E-state index in [4.69, 9.17) is 0 Å². The molecule has 1 aliphatic rings. The molecule has 8 rings (SSSR count). The zero-order valence-corrected chi connectivity index (χ0v) is 23.1. The Balaban J connectivity index is 1.33. The van der Waals surface area contributed by atoms with Gasteiger partial charge in [-0.25, -0.2) is 0 Å². The van der Waals surface area contributed by atoms with Crippen LogP contribution in [0.15, 0.2) is 140 Å². The minimum atomic E-state index is -0.176. The third-order valence-electron chi connectivity index (χ3n) is 8.64. The molecule has 0 aliphatic carbocycles. The van der Waals surface area contributed by atoms with Gasteiger partial charge >= 0.3 is 0 Å². The molecule has 3 nitrogen and oxygen atoms in total. The second kappa shape index (κ2) is 8.94. The monoisotopic (exact) mass is 527 g/mol. The summed E-state index contributed by atoms with van der Waals surface area (Å²) in [7, 11) is 0.